The summed E-state index contributed by atoms with van der Waals surface area (Å²) in [5.74, 6) is -0.673. The zero-order chi connectivity index (χ0) is 16.9. The minimum atomic E-state index is -0.376. The maximum Gasteiger partial charge on any atom is 0.338 e. The highest BCUT2D eigenvalue weighted by Gasteiger charge is 2.08. The summed E-state index contributed by atoms with van der Waals surface area (Å²) in [6, 6.07) is 7.13. The molecule has 0 saturated heterocycles. The third kappa shape index (κ3) is 9.55. The molecule has 1 aromatic carbocycles. The highest BCUT2D eigenvalue weighted by Crippen LogP contribution is 2.08. The topological polar surface area (TPSA) is 61.8 Å². The van der Waals surface area contributed by atoms with Crippen LogP contribution in [0, 0.1) is 3.57 Å². The number of carbonyl (C=O) groups is 2. The maximum atomic E-state index is 11.7. The largest absolute Gasteiger partial charge is 0.463 e. The van der Waals surface area contributed by atoms with E-state index in [0.29, 0.717) is 25.2 Å². The SMILES string of the molecule is CCCCOCCOC(=O)CCCOC(=O)c1ccc(I)cc1. The first-order valence-corrected chi connectivity index (χ1v) is 8.87. The molecule has 0 bridgehead atoms. The van der Waals surface area contributed by atoms with E-state index in [1.165, 1.54) is 0 Å². The summed E-state index contributed by atoms with van der Waals surface area (Å²) in [6.45, 7) is 3.68. The number of benzene rings is 1. The predicted octanol–water partition coefficient (Wildman–Crippen LogP) is 3.59. The summed E-state index contributed by atoms with van der Waals surface area (Å²) in [7, 11) is 0. The number of unbranched alkanes of at least 4 members (excludes halogenated alkanes) is 1. The number of halogens is 1. The number of rotatable bonds is 11. The number of hydrogen-bond donors (Lipinski definition) is 0. The van der Waals surface area contributed by atoms with Gasteiger partial charge < -0.3 is 14.2 Å². The van der Waals surface area contributed by atoms with Gasteiger partial charge in [-0.2, -0.15) is 0 Å². The third-order valence-corrected chi connectivity index (χ3v) is 3.69. The molecule has 0 amide bonds. The fraction of sp³-hybridized carbons (Fsp3) is 0.529. The molecule has 0 aliphatic rings. The Morgan fingerprint density at radius 1 is 0.957 bits per heavy atom. The Bertz CT molecular complexity index is 472. The first kappa shape index (κ1) is 19.9. The zero-order valence-corrected chi connectivity index (χ0v) is 15.5. The third-order valence-electron chi connectivity index (χ3n) is 2.97. The normalized spacial score (nSPS) is 10.3. The molecule has 0 unspecified atom stereocenters. The molecule has 0 spiro atoms. The Kier molecular flexibility index (Phi) is 10.6. The van der Waals surface area contributed by atoms with Gasteiger partial charge in [0.25, 0.3) is 0 Å². The fourth-order valence-corrected chi connectivity index (χ4v) is 2.05. The average molecular weight is 434 g/mol. The Balaban J connectivity index is 2.04. The van der Waals surface area contributed by atoms with Crippen molar-refractivity contribution < 1.29 is 23.8 Å². The molecule has 0 radical (unpaired) electrons. The molecule has 0 fully saturated rings. The van der Waals surface area contributed by atoms with Crippen LogP contribution in [0.1, 0.15) is 43.0 Å². The molecule has 1 rings (SSSR count). The molecule has 0 saturated carbocycles. The van der Waals surface area contributed by atoms with E-state index in [4.69, 9.17) is 14.2 Å². The van der Waals surface area contributed by atoms with Gasteiger partial charge >= 0.3 is 11.9 Å². The van der Waals surface area contributed by atoms with Crippen LogP contribution in [0.3, 0.4) is 0 Å². The van der Waals surface area contributed by atoms with Crippen LogP contribution in [0.25, 0.3) is 0 Å². The molecule has 128 valence electrons. The molecule has 0 heterocycles. The van der Waals surface area contributed by atoms with Crippen molar-refractivity contribution in [3.63, 3.8) is 0 Å². The van der Waals surface area contributed by atoms with Crippen LogP contribution in [0.15, 0.2) is 24.3 Å². The quantitative estimate of drug-likeness (QED) is 0.303. The second kappa shape index (κ2) is 12.3. The second-order valence-electron chi connectivity index (χ2n) is 4.93. The van der Waals surface area contributed by atoms with E-state index >= 15 is 0 Å². The van der Waals surface area contributed by atoms with Crippen molar-refractivity contribution >= 4 is 34.5 Å². The summed E-state index contributed by atoms with van der Waals surface area (Å²) in [6.07, 6.45) is 2.78. The van der Waals surface area contributed by atoms with Crippen LogP contribution in [0.4, 0.5) is 0 Å². The van der Waals surface area contributed by atoms with Crippen molar-refractivity contribution in [2.24, 2.45) is 0 Å². The Labute approximate surface area is 150 Å². The Morgan fingerprint density at radius 2 is 1.70 bits per heavy atom. The average Bonchev–Trinajstić information content (AvgIpc) is 2.55. The Morgan fingerprint density at radius 3 is 2.39 bits per heavy atom. The minimum Gasteiger partial charge on any atom is -0.463 e. The van der Waals surface area contributed by atoms with E-state index < -0.39 is 0 Å². The summed E-state index contributed by atoms with van der Waals surface area (Å²) in [5.41, 5.74) is 0.511. The lowest BCUT2D eigenvalue weighted by Gasteiger charge is -2.07. The number of esters is 2. The smallest absolute Gasteiger partial charge is 0.338 e. The molecule has 0 aliphatic heterocycles. The first-order valence-electron chi connectivity index (χ1n) is 7.79. The van der Waals surface area contributed by atoms with Gasteiger partial charge in [-0.1, -0.05) is 13.3 Å². The van der Waals surface area contributed by atoms with Gasteiger partial charge in [0.1, 0.15) is 6.61 Å². The highest BCUT2D eigenvalue weighted by atomic mass is 127. The van der Waals surface area contributed by atoms with Gasteiger partial charge in [0.15, 0.2) is 0 Å². The van der Waals surface area contributed by atoms with E-state index in [1.807, 2.05) is 12.1 Å². The van der Waals surface area contributed by atoms with Crippen molar-refractivity contribution in [3.05, 3.63) is 33.4 Å². The molecule has 0 aromatic heterocycles. The molecular formula is C17H23IO5. The molecule has 1 aromatic rings. The van der Waals surface area contributed by atoms with Crippen LogP contribution < -0.4 is 0 Å². The van der Waals surface area contributed by atoms with E-state index in [9.17, 15) is 9.59 Å². The monoisotopic (exact) mass is 434 g/mol. The lowest BCUT2D eigenvalue weighted by Crippen LogP contribution is -2.12. The van der Waals surface area contributed by atoms with Crippen LogP contribution in [0.5, 0.6) is 0 Å². The summed E-state index contributed by atoms with van der Waals surface area (Å²) in [5, 5.41) is 0. The first-order chi connectivity index (χ1) is 11.1. The van der Waals surface area contributed by atoms with Crippen LogP contribution in [-0.4, -0.2) is 38.4 Å². The zero-order valence-electron chi connectivity index (χ0n) is 13.4. The van der Waals surface area contributed by atoms with Crippen molar-refractivity contribution in [2.75, 3.05) is 26.4 Å². The number of ether oxygens (including phenoxy) is 3. The van der Waals surface area contributed by atoms with Gasteiger partial charge in [0, 0.05) is 16.6 Å². The van der Waals surface area contributed by atoms with Gasteiger partial charge in [0.05, 0.1) is 18.8 Å². The molecule has 5 nitrogen and oxygen atoms in total. The van der Waals surface area contributed by atoms with E-state index in [1.54, 1.807) is 12.1 Å². The van der Waals surface area contributed by atoms with Crippen LogP contribution in [-0.2, 0) is 19.0 Å². The summed E-state index contributed by atoms with van der Waals surface area (Å²) >= 11 is 2.17. The van der Waals surface area contributed by atoms with Crippen molar-refractivity contribution in [2.45, 2.75) is 32.6 Å². The standard InChI is InChI=1S/C17H23IO5/c1-2-3-10-21-12-13-22-16(19)5-4-11-23-17(20)14-6-8-15(18)9-7-14/h6-9H,2-5,10-13H2,1H3. The lowest BCUT2D eigenvalue weighted by atomic mass is 10.2. The second-order valence-corrected chi connectivity index (χ2v) is 6.18. The predicted molar refractivity (Wildman–Crippen MR) is 95.4 cm³/mol. The lowest BCUT2D eigenvalue weighted by molar-refractivity contribution is -0.145. The van der Waals surface area contributed by atoms with Gasteiger partial charge in [-0.05, 0) is 59.7 Å². The summed E-state index contributed by atoms with van der Waals surface area (Å²) in [4.78, 5) is 23.2. The van der Waals surface area contributed by atoms with Crippen molar-refractivity contribution in [1.82, 2.24) is 0 Å². The molecule has 0 N–H and O–H groups in total. The van der Waals surface area contributed by atoms with Gasteiger partial charge in [-0.15, -0.1) is 0 Å². The fourth-order valence-electron chi connectivity index (χ4n) is 1.69. The molecule has 6 heteroatoms. The maximum absolute atomic E-state index is 11.7. The van der Waals surface area contributed by atoms with Crippen molar-refractivity contribution in [3.8, 4) is 0 Å². The van der Waals surface area contributed by atoms with E-state index in [0.717, 1.165) is 16.4 Å². The van der Waals surface area contributed by atoms with Gasteiger partial charge in [0.2, 0.25) is 0 Å². The van der Waals surface area contributed by atoms with Gasteiger partial charge in [-0.25, -0.2) is 4.79 Å². The van der Waals surface area contributed by atoms with Crippen LogP contribution in [0.2, 0.25) is 0 Å². The highest BCUT2D eigenvalue weighted by molar-refractivity contribution is 14.1. The molecular weight excluding hydrogens is 411 g/mol. The van der Waals surface area contributed by atoms with E-state index in [-0.39, 0.29) is 31.6 Å². The van der Waals surface area contributed by atoms with E-state index in [2.05, 4.69) is 29.5 Å². The van der Waals surface area contributed by atoms with Crippen LogP contribution >= 0.6 is 22.6 Å². The molecule has 0 aliphatic carbocycles. The number of hydrogen-bond acceptors (Lipinski definition) is 5. The minimum absolute atomic E-state index is 0.201. The van der Waals surface area contributed by atoms with Crippen molar-refractivity contribution in [1.29, 1.82) is 0 Å². The molecule has 0 atom stereocenters. The molecule has 23 heavy (non-hydrogen) atoms. The van der Waals surface area contributed by atoms with Gasteiger partial charge in [-0.3, -0.25) is 4.79 Å². The number of carbonyl (C=O) groups excluding carboxylic acids is 2. The Hall–Kier alpha value is -1.15. The summed E-state index contributed by atoms with van der Waals surface area (Å²) < 4.78 is 16.5.